The van der Waals surface area contributed by atoms with Crippen molar-refractivity contribution in [1.29, 1.82) is 0 Å². The summed E-state index contributed by atoms with van der Waals surface area (Å²) >= 11 is 0. The van der Waals surface area contributed by atoms with E-state index in [2.05, 4.69) is 4.98 Å². The van der Waals surface area contributed by atoms with E-state index in [1.807, 2.05) is 12.3 Å². The van der Waals surface area contributed by atoms with Crippen molar-refractivity contribution < 1.29 is 17.6 Å². The summed E-state index contributed by atoms with van der Waals surface area (Å²) in [7, 11) is -3.00. The van der Waals surface area contributed by atoms with Gasteiger partial charge >= 0.3 is 0 Å². The molecule has 0 aliphatic carbocycles. The zero-order valence-electron chi connectivity index (χ0n) is 15.2. The van der Waals surface area contributed by atoms with Gasteiger partial charge < -0.3 is 10.7 Å². The van der Waals surface area contributed by atoms with Gasteiger partial charge in [0.15, 0.2) is 0 Å². The van der Waals surface area contributed by atoms with Crippen molar-refractivity contribution in [2.45, 2.75) is 25.2 Å². The van der Waals surface area contributed by atoms with E-state index in [-0.39, 0.29) is 23.2 Å². The molecule has 2 aromatic carbocycles. The summed E-state index contributed by atoms with van der Waals surface area (Å²) in [6, 6.07) is 9.76. The Labute approximate surface area is 162 Å². The molecule has 1 unspecified atom stereocenters. The number of aromatic amines is 1. The number of H-pyrrole nitrogens is 1. The molecule has 1 fully saturated rings. The topological polar surface area (TPSA) is 93.0 Å². The van der Waals surface area contributed by atoms with Gasteiger partial charge in [-0.3, -0.25) is 4.79 Å². The van der Waals surface area contributed by atoms with E-state index >= 15 is 0 Å². The fourth-order valence-electron chi connectivity index (χ4n) is 4.05. The van der Waals surface area contributed by atoms with Gasteiger partial charge in [-0.25, -0.2) is 12.8 Å². The van der Waals surface area contributed by atoms with Gasteiger partial charge in [-0.2, -0.15) is 0 Å². The number of nitrogens with two attached hydrogens (primary N) is 1. The third-order valence-electron chi connectivity index (χ3n) is 5.47. The van der Waals surface area contributed by atoms with E-state index in [0.29, 0.717) is 35.0 Å². The number of carbonyl (C=O) groups excluding carboxylic acids is 1. The zero-order chi connectivity index (χ0) is 19.9. The number of carbonyl (C=O) groups is 1. The highest BCUT2D eigenvalue weighted by atomic mass is 32.2. The largest absolute Gasteiger partial charge is 0.366 e. The third-order valence-corrected chi connectivity index (χ3v) is 7.24. The number of primary amides is 1. The summed E-state index contributed by atoms with van der Waals surface area (Å²) in [5, 5.41) is 0.833. The van der Waals surface area contributed by atoms with Crippen molar-refractivity contribution >= 4 is 26.6 Å². The Morgan fingerprint density at radius 2 is 1.93 bits per heavy atom. The first kappa shape index (κ1) is 18.7. The molecule has 7 heteroatoms. The van der Waals surface area contributed by atoms with E-state index in [1.165, 1.54) is 12.1 Å². The molecule has 1 atom stereocenters. The molecule has 0 spiro atoms. The lowest BCUT2D eigenvalue weighted by Gasteiger charge is -2.14. The Morgan fingerprint density at radius 3 is 2.68 bits per heavy atom. The van der Waals surface area contributed by atoms with Gasteiger partial charge in [0.1, 0.15) is 15.7 Å². The van der Waals surface area contributed by atoms with Gasteiger partial charge in [-0.15, -0.1) is 0 Å². The second-order valence-electron chi connectivity index (χ2n) is 7.34. The molecule has 1 aromatic heterocycles. The molecule has 4 rings (SSSR count). The van der Waals surface area contributed by atoms with Crippen molar-refractivity contribution in [3.05, 3.63) is 59.5 Å². The highest BCUT2D eigenvalue weighted by Gasteiger charge is 2.25. The van der Waals surface area contributed by atoms with Crippen LogP contribution in [-0.2, 0) is 9.84 Å². The van der Waals surface area contributed by atoms with Crippen molar-refractivity contribution in [3.63, 3.8) is 0 Å². The molecule has 5 nitrogen and oxygen atoms in total. The van der Waals surface area contributed by atoms with Crippen LogP contribution in [0.1, 0.15) is 41.1 Å². The van der Waals surface area contributed by atoms with Crippen LogP contribution in [0.2, 0.25) is 0 Å². The lowest BCUT2D eigenvalue weighted by Crippen LogP contribution is -2.12. The van der Waals surface area contributed by atoms with E-state index in [1.54, 1.807) is 18.2 Å². The fraction of sp³-hybridized carbons (Fsp3) is 0.286. The maximum atomic E-state index is 13.7. The average molecular weight is 400 g/mol. The smallest absolute Gasteiger partial charge is 0.250 e. The second-order valence-corrected chi connectivity index (χ2v) is 9.65. The Bertz CT molecular complexity index is 1170. The number of hydrogen-bond donors (Lipinski definition) is 2. The summed E-state index contributed by atoms with van der Waals surface area (Å²) in [6.07, 6.45) is 3.77. The first-order valence-corrected chi connectivity index (χ1v) is 11.1. The van der Waals surface area contributed by atoms with Crippen LogP contribution in [0.25, 0.3) is 22.0 Å². The van der Waals surface area contributed by atoms with Crippen molar-refractivity contribution in [2.24, 2.45) is 5.73 Å². The lowest BCUT2D eigenvalue weighted by molar-refractivity contribution is 0.100. The van der Waals surface area contributed by atoms with Crippen molar-refractivity contribution in [1.82, 2.24) is 4.98 Å². The predicted molar refractivity (Wildman–Crippen MR) is 107 cm³/mol. The van der Waals surface area contributed by atoms with Crippen LogP contribution < -0.4 is 5.73 Å². The van der Waals surface area contributed by atoms with Crippen LogP contribution in [0.4, 0.5) is 4.39 Å². The highest BCUT2D eigenvalue weighted by molar-refractivity contribution is 7.91. The molecule has 1 aliphatic rings. The van der Waals surface area contributed by atoms with Crippen LogP contribution in [0.3, 0.4) is 0 Å². The molecule has 1 aliphatic heterocycles. The number of benzene rings is 2. The molecule has 28 heavy (non-hydrogen) atoms. The average Bonchev–Trinajstić information content (AvgIpc) is 2.98. The van der Waals surface area contributed by atoms with Crippen LogP contribution in [-0.4, -0.2) is 30.8 Å². The molecular weight excluding hydrogens is 379 g/mol. The van der Waals surface area contributed by atoms with Crippen LogP contribution in [0, 0.1) is 5.82 Å². The summed E-state index contributed by atoms with van der Waals surface area (Å²) < 4.78 is 37.6. The number of sulfone groups is 1. The molecule has 2 heterocycles. The number of amides is 1. The number of hydrogen-bond acceptors (Lipinski definition) is 3. The van der Waals surface area contributed by atoms with Gasteiger partial charge in [0.2, 0.25) is 0 Å². The van der Waals surface area contributed by atoms with Crippen molar-refractivity contribution in [3.8, 4) is 11.1 Å². The summed E-state index contributed by atoms with van der Waals surface area (Å²) in [5.41, 5.74) is 8.89. The molecule has 1 saturated heterocycles. The summed E-state index contributed by atoms with van der Waals surface area (Å²) in [5.74, 6) is -0.472. The lowest BCUT2D eigenvalue weighted by atomic mass is 9.90. The zero-order valence-corrected chi connectivity index (χ0v) is 16.1. The van der Waals surface area contributed by atoms with Crippen LogP contribution in [0.5, 0.6) is 0 Å². The quantitative estimate of drug-likeness (QED) is 0.701. The highest BCUT2D eigenvalue weighted by Crippen LogP contribution is 2.37. The van der Waals surface area contributed by atoms with E-state index < -0.39 is 15.7 Å². The Balaban J connectivity index is 1.86. The van der Waals surface area contributed by atoms with E-state index in [0.717, 1.165) is 17.4 Å². The number of fused-ring (bicyclic) bond motifs is 1. The standard InChI is InChI=1S/C21H21FN2O3S/c22-16-5-1-3-14(9-16)15-10-17-19(12-24-20(17)18(11-15)21(23)25)13-4-2-7-28(26,27)8-6-13/h1,3,5,9-13,24H,2,4,6-8H2,(H2,23,25). The minimum absolute atomic E-state index is 0.0783. The maximum Gasteiger partial charge on any atom is 0.250 e. The third kappa shape index (κ3) is 3.54. The minimum atomic E-state index is -3.00. The monoisotopic (exact) mass is 400 g/mol. The Hall–Kier alpha value is -2.67. The molecule has 3 aromatic rings. The first-order chi connectivity index (χ1) is 13.3. The predicted octanol–water partition coefficient (Wildman–Crippen LogP) is 3.76. The minimum Gasteiger partial charge on any atom is -0.366 e. The van der Waals surface area contributed by atoms with Gasteiger partial charge in [0, 0.05) is 11.6 Å². The molecule has 146 valence electrons. The number of halogens is 1. The van der Waals surface area contributed by atoms with Gasteiger partial charge in [0.05, 0.1) is 22.6 Å². The second kappa shape index (κ2) is 7.05. The van der Waals surface area contributed by atoms with Gasteiger partial charge in [0.25, 0.3) is 5.91 Å². The fourth-order valence-corrected chi connectivity index (χ4v) is 5.50. The maximum absolute atomic E-state index is 13.7. The SMILES string of the molecule is NC(=O)c1cc(-c2cccc(F)c2)cc2c(C3CCCS(=O)(=O)CC3)c[nH]c12. The van der Waals surface area contributed by atoms with Crippen molar-refractivity contribution in [2.75, 3.05) is 11.5 Å². The molecule has 0 saturated carbocycles. The molecular formula is C21H21FN2O3S. The Morgan fingerprint density at radius 1 is 1.11 bits per heavy atom. The van der Waals surface area contributed by atoms with E-state index in [4.69, 9.17) is 5.73 Å². The molecule has 0 radical (unpaired) electrons. The number of rotatable bonds is 3. The molecule has 0 bridgehead atoms. The number of aromatic nitrogens is 1. The van der Waals surface area contributed by atoms with Crippen LogP contribution >= 0.6 is 0 Å². The molecule has 3 N–H and O–H groups in total. The van der Waals surface area contributed by atoms with Gasteiger partial charge in [-0.1, -0.05) is 12.1 Å². The summed E-state index contributed by atoms with van der Waals surface area (Å²) in [4.78, 5) is 15.2. The Kier molecular flexibility index (Phi) is 4.71. The van der Waals surface area contributed by atoms with E-state index in [9.17, 15) is 17.6 Å². The molecule has 1 amide bonds. The normalized spacial score (nSPS) is 19.4. The van der Waals surface area contributed by atoms with Gasteiger partial charge in [-0.05, 0) is 66.1 Å². The first-order valence-electron chi connectivity index (χ1n) is 9.25. The summed E-state index contributed by atoms with van der Waals surface area (Å²) in [6.45, 7) is 0. The van der Waals surface area contributed by atoms with Crippen LogP contribution in [0.15, 0.2) is 42.6 Å². The number of nitrogens with one attached hydrogen (secondary N) is 1.